The number of aldehydes is 1. The topological polar surface area (TPSA) is 337 Å². The predicted molar refractivity (Wildman–Crippen MR) is 286 cm³/mol. The molecule has 0 saturated carbocycles. The van der Waals surface area contributed by atoms with Gasteiger partial charge in [0.15, 0.2) is 13.5 Å². The molecule has 73 heavy (non-hydrogen) atoms. The first-order chi connectivity index (χ1) is 35.2. The SMILES string of the molecule is NS.O=CCOCCOCCNC(=O)CC[C@H](NC(=O)CCCCCCCCCCCCCCCCC(=O)O)C(=O)O.O=CSC(=O)NS.[B]C(=O)C(Cc1ccc(O)cc1)NC(=O)COCCOCCNC. The van der Waals surface area contributed by atoms with Gasteiger partial charge in [0.1, 0.15) is 31.3 Å². The summed E-state index contributed by atoms with van der Waals surface area (Å²) < 4.78 is 22.5. The van der Waals surface area contributed by atoms with Gasteiger partial charge in [0.05, 0.1) is 51.4 Å². The lowest BCUT2D eigenvalue weighted by Crippen LogP contribution is -2.44. The average molecular weight is 1090 g/mol. The molecule has 10 N–H and O–H groups in total. The molecule has 2 radical (unpaired) electrons. The molecule has 1 aromatic carbocycles. The van der Waals surface area contributed by atoms with Crippen LogP contribution in [0.4, 0.5) is 4.79 Å². The molecule has 22 nitrogen and oxygen atoms in total. The molecule has 1 aromatic rings. The van der Waals surface area contributed by atoms with Crippen molar-refractivity contribution >= 4 is 97.7 Å². The van der Waals surface area contributed by atoms with Crippen LogP contribution >= 0.6 is 37.4 Å². The lowest BCUT2D eigenvalue weighted by molar-refractivity contribution is -0.142. The molecule has 0 aliphatic heterocycles. The minimum absolute atomic E-state index is 0.0140. The molecular formula is C47H81BN6O16S3. The molecule has 0 aliphatic rings. The van der Waals surface area contributed by atoms with Crippen LogP contribution in [0.1, 0.15) is 121 Å². The maximum absolute atomic E-state index is 12.2. The summed E-state index contributed by atoms with van der Waals surface area (Å²) in [6.07, 6.45) is 16.8. The molecule has 26 heteroatoms. The van der Waals surface area contributed by atoms with E-state index in [9.17, 15) is 53.4 Å². The van der Waals surface area contributed by atoms with E-state index in [-0.39, 0.29) is 89.2 Å². The van der Waals surface area contributed by atoms with Crippen molar-refractivity contribution in [1.82, 2.24) is 26.0 Å². The van der Waals surface area contributed by atoms with Crippen molar-refractivity contribution in [2.75, 3.05) is 73.0 Å². The summed E-state index contributed by atoms with van der Waals surface area (Å²) in [5.41, 5.74) is 0.577. The number of nitrogens with one attached hydrogen (secondary N) is 5. The van der Waals surface area contributed by atoms with Crippen LogP contribution in [0.25, 0.3) is 0 Å². The number of benzene rings is 1. The van der Waals surface area contributed by atoms with Crippen molar-refractivity contribution in [3.63, 3.8) is 0 Å². The molecule has 1 unspecified atom stereocenters. The molecular weight excluding hydrogens is 1010 g/mol. The fourth-order valence-corrected chi connectivity index (χ4v) is 6.44. The van der Waals surface area contributed by atoms with Gasteiger partial charge in [0.2, 0.25) is 17.7 Å². The Hall–Kier alpha value is -4.28. The van der Waals surface area contributed by atoms with E-state index in [4.69, 9.17) is 31.9 Å². The van der Waals surface area contributed by atoms with Crippen LogP contribution < -0.4 is 31.1 Å². The summed E-state index contributed by atoms with van der Waals surface area (Å²) in [5.74, 6) is -2.78. The number of carbonyl (C=O) groups excluding carboxylic acids is 7. The molecule has 4 amide bonds. The quantitative estimate of drug-likeness (QED) is 0.0192. The van der Waals surface area contributed by atoms with Gasteiger partial charge in [-0.3, -0.25) is 38.6 Å². The predicted octanol–water partition coefficient (Wildman–Crippen LogP) is 3.63. The number of rotatable bonds is 43. The van der Waals surface area contributed by atoms with Crippen LogP contribution in [0.3, 0.4) is 0 Å². The summed E-state index contributed by atoms with van der Waals surface area (Å²) in [4.78, 5) is 98.8. The van der Waals surface area contributed by atoms with Crippen molar-refractivity contribution in [2.24, 2.45) is 5.14 Å². The second-order valence-corrected chi connectivity index (χ2v) is 16.8. The van der Waals surface area contributed by atoms with E-state index in [0.29, 0.717) is 49.9 Å². The number of carbonyl (C=O) groups is 9. The van der Waals surface area contributed by atoms with Crippen LogP contribution in [0, 0.1) is 0 Å². The summed E-state index contributed by atoms with van der Waals surface area (Å²) in [5, 5.41) is 41.6. The number of likely N-dealkylation sites (N-methyl/N-ethyl adjacent to an activating group) is 1. The fourth-order valence-electron chi connectivity index (χ4n) is 6.14. The van der Waals surface area contributed by atoms with Gasteiger partial charge in [-0.2, -0.15) is 0 Å². The number of unbranched alkanes of at least 4 members (excludes halogenated alkanes) is 13. The van der Waals surface area contributed by atoms with E-state index >= 15 is 0 Å². The molecule has 0 heterocycles. The number of thiol groups is 2. The van der Waals surface area contributed by atoms with Crippen molar-refractivity contribution in [2.45, 2.75) is 134 Å². The van der Waals surface area contributed by atoms with Crippen molar-refractivity contribution in [1.29, 1.82) is 0 Å². The summed E-state index contributed by atoms with van der Waals surface area (Å²) in [7, 11) is 7.15. The Morgan fingerprint density at radius 1 is 0.658 bits per heavy atom. The zero-order valence-corrected chi connectivity index (χ0v) is 44.8. The maximum Gasteiger partial charge on any atom is 0.326 e. The maximum atomic E-state index is 12.2. The number of hydrogen-bond donors (Lipinski definition) is 11. The Morgan fingerprint density at radius 2 is 1.15 bits per heavy atom. The molecule has 0 spiro atoms. The first kappa shape index (κ1) is 73.0. The zero-order chi connectivity index (χ0) is 55.2. The first-order valence-corrected chi connectivity index (χ1v) is 26.1. The largest absolute Gasteiger partial charge is 0.508 e. The minimum Gasteiger partial charge on any atom is -0.508 e. The van der Waals surface area contributed by atoms with Crippen LogP contribution in [0.5, 0.6) is 5.75 Å². The van der Waals surface area contributed by atoms with Crippen LogP contribution in [0.2, 0.25) is 0 Å². The third kappa shape index (κ3) is 53.8. The number of aromatic hydroxyl groups is 1. The van der Waals surface area contributed by atoms with Gasteiger partial charge in [-0.1, -0.05) is 102 Å². The third-order valence-corrected chi connectivity index (χ3v) is 10.6. The molecule has 416 valence electrons. The van der Waals surface area contributed by atoms with E-state index in [2.05, 4.69) is 52.0 Å². The van der Waals surface area contributed by atoms with E-state index in [1.165, 1.54) is 57.1 Å². The highest BCUT2D eigenvalue weighted by Gasteiger charge is 2.21. The van der Waals surface area contributed by atoms with E-state index < -0.39 is 40.9 Å². The number of nitrogens with two attached hydrogens (primary N) is 1. The fraction of sp³-hybridized carbons (Fsp3) is 0.681. The molecule has 0 saturated heterocycles. The Morgan fingerprint density at radius 3 is 1.62 bits per heavy atom. The highest BCUT2D eigenvalue weighted by molar-refractivity contribution is 8.25. The second kappa shape index (κ2) is 55.5. The zero-order valence-electron chi connectivity index (χ0n) is 42.2. The molecule has 0 fully saturated rings. The Labute approximate surface area is 447 Å². The Balaban J connectivity index is -0.00000124. The smallest absolute Gasteiger partial charge is 0.326 e. The molecule has 0 aromatic heterocycles. The van der Waals surface area contributed by atoms with Crippen molar-refractivity contribution in [3.8, 4) is 5.75 Å². The van der Waals surface area contributed by atoms with Gasteiger partial charge in [-0.15, -0.1) is 12.8 Å². The van der Waals surface area contributed by atoms with E-state index in [0.717, 1.165) is 50.6 Å². The highest BCUT2D eigenvalue weighted by atomic mass is 32.2. The van der Waals surface area contributed by atoms with Gasteiger partial charge in [-0.05, 0) is 50.4 Å². The second-order valence-electron chi connectivity index (χ2n) is 15.8. The first-order valence-electron chi connectivity index (χ1n) is 24.3. The average Bonchev–Trinajstić information content (AvgIpc) is 3.36. The summed E-state index contributed by atoms with van der Waals surface area (Å²) in [6.45, 7) is 2.98. The van der Waals surface area contributed by atoms with E-state index in [1.807, 2.05) is 11.8 Å². The summed E-state index contributed by atoms with van der Waals surface area (Å²) >= 11 is 6.92. The Kier molecular flexibility index (Phi) is 55.5. The summed E-state index contributed by atoms with van der Waals surface area (Å²) in [6, 6.07) is 4.41. The number of carboxylic acid groups (broad SMARTS) is 2. The van der Waals surface area contributed by atoms with Crippen LogP contribution in [0.15, 0.2) is 24.3 Å². The third-order valence-electron chi connectivity index (χ3n) is 9.87. The normalized spacial score (nSPS) is 11.1. The number of phenols is 1. The molecule has 0 bridgehead atoms. The number of ether oxygens (including phenoxy) is 4. The standard InChI is InChI=1S/C29H52N2O9.C16H23BN2O5.C2H3NO2S2.H3NS/c32-20-22-40-24-23-39-21-19-30-26(33)18-17-25(29(37)38)31-27(34)15-13-11-9-7-5-3-1-2-4-6-8-10-12-14-16-28(35)36;1-18-6-7-23-8-9-24-11-15(21)19-14(16(17)22)10-12-2-4-13(20)5-3-12;4-1-7-2(5)3-6;1-2/h20,25H,1-19,21-24H2,(H,30,33)(H,31,34)(H,35,36)(H,37,38);2-5,14,18,20H,6-11H2,1H3,(H,19,21);1,6H,(H,3,5);2H,1H2/t25-;;;/m0.../s1. The highest BCUT2D eigenvalue weighted by Crippen LogP contribution is 2.15. The van der Waals surface area contributed by atoms with Gasteiger partial charge >= 0.3 is 11.9 Å². The number of aliphatic carboxylic acids is 2. The van der Waals surface area contributed by atoms with Gasteiger partial charge in [0.25, 0.3) is 5.24 Å². The van der Waals surface area contributed by atoms with Gasteiger partial charge < -0.3 is 65.1 Å². The van der Waals surface area contributed by atoms with E-state index in [1.54, 1.807) is 12.1 Å². The number of phenolic OH excluding ortho intramolecular Hbond substituents is 1. The van der Waals surface area contributed by atoms with Crippen LogP contribution in [-0.2, 0) is 63.7 Å². The van der Waals surface area contributed by atoms with Gasteiger partial charge in [0, 0.05) is 44.1 Å². The lowest BCUT2D eigenvalue weighted by Gasteiger charge is -2.16. The van der Waals surface area contributed by atoms with Gasteiger partial charge in [-0.25, -0.2) is 4.79 Å². The van der Waals surface area contributed by atoms with Crippen molar-refractivity contribution in [3.05, 3.63) is 29.8 Å². The van der Waals surface area contributed by atoms with Crippen LogP contribution in [-0.4, -0.2) is 161 Å². The molecule has 0 aliphatic carbocycles. The molecule has 1 rings (SSSR count). The minimum atomic E-state index is -1.16. The Bertz CT molecular complexity index is 1610. The monoisotopic (exact) mass is 1090 g/mol. The number of amides is 4. The molecule has 2 atom stereocenters. The number of thioether (sulfide) groups is 1. The number of hydrogen-bond acceptors (Lipinski definition) is 19. The lowest BCUT2D eigenvalue weighted by atomic mass is 9.90. The van der Waals surface area contributed by atoms with Crippen molar-refractivity contribution < 1.29 is 77.4 Å². The number of carboxylic acids is 2.